The van der Waals surface area contributed by atoms with Crippen molar-refractivity contribution in [2.45, 2.75) is 19.3 Å². The van der Waals surface area contributed by atoms with Gasteiger partial charge in [-0.25, -0.2) is 0 Å². The van der Waals surface area contributed by atoms with Crippen LogP contribution in [0.15, 0.2) is 84.9 Å². The molecule has 0 heterocycles. The number of carbonyl (C=O) groups is 2. The van der Waals surface area contributed by atoms with E-state index in [2.05, 4.69) is 22.8 Å². The largest absolute Gasteiger partial charge is 0.352 e. The molecule has 3 rings (SSSR count). The van der Waals surface area contributed by atoms with E-state index in [-0.39, 0.29) is 11.8 Å². The first-order chi connectivity index (χ1) is 14.2. The minimum absolute atomic E-state index is 0.156. The molecule has 0 aliphatic carbocycles. The van der Waals surface area contributed by atoms with E-state index in [1.807, 2.05) is 48.5 Å². The average molecular weight is 386 g/mol. The molecule has 0 radical (unpaired) electrons. The van der Waals surface area contributed by atoms with Crippen LogP contribution in [0.5, 0.6) is 0 Å². The normalized spacial score (nSPS) is 10.3. The van der Waals surface area contributed by atoms with Crippen LogP contribution >= 0.6 is 0 Å². The zero-order valence-electron chi connectivity index (χ0n) is 16.4. The molecule has 0 fully saturated rings. The summed E-state index contributed by atoms with van der Waals surface area (Å²) in [5.74, 6) is -0.323. The van der Waals surface area contributed by atoms with E-state index in [1.54, 1.807) is 24.3 Å². The molecule has 0 saturated carbocycles. The fourth-order valence-electron chi connectivity index (χ4n) is 3.11. The van der Waals surface area contributed by atoms with E-state index < -0.39 is 0 Å². The standard InChI is InChI=1S/C25H26N2O2/c28-24(26-17-8-13-20-9-3-1-4-10-20)22-14-7-15-23(19-22)25(29)27-18-16-21-11-5-2-6-12-21/h1-7,9-12,14-15,19H,8,13,16-18H2,(H,26,28)(H,27,29). The predicted molar refractivity (Wildman–Crippen MR) is 116 cm³/mol. The van der Waals surface area contributed by atoms with Crippen molar-refractivity contribution < 1.29 is 9.59 Å². The van der Waals surface area contributed by atoms with Crippen molar-refractivity contribution in [3.05, 3.63) is 107 Å². The third-order valence-corrected chi connectivity index (χ3v) is 4.70. The average Bonchev–Trinajstić information content (AvgIpc) is 2.78. The number of aryl methyl sites for hydroxylation is 1. The Morgan fingerprint density at radius 2 is 1.10 bits per heavy atom. The van der Waals surface area contributed by atoms with Gasteiger partial charge in [-0.1, -0.05) is 66.7 Å². The van der Waals surface area contributed by atoms with Crippen molar-refractivity contribution in [3.8, 4) is 0 Å². The van der Waals surface area contributed by atoms with E-state index in [9.17, 15) is 9.59 Å². The highest BCUT2D eigenvalue weighted by atomic mass is 16.2. The molecule has 4 nitrogen and oxygen atoms in total. The first-order valence-electron chi connectivity index (χ1n) is 9.97. The molecule has 29 heavy (non-hydrogen) atoms. The van der Waals surface area contributed by atoms with Gasteiger partial charge < -0.3 is 10.6 Å². The maximum atomic E-state index is 12.4. The Kier molecular flexibility index (Phi) is 7.58. The van der Waals surface area contributed by atoms with Crippen molar-refractivity contribution in [1.82, 2.24) is 10.6 Å². The maximum absolute atomic E-state index is 12.4. The van der Waals surface area contributed by atoms with Gasteiger partial charge in [-0.15, -0.1) is 0 Å². The first-order valence-corrected chi connectivity index (χ1v) is 9.97. The fourth-order valence-corrected chi connectivity index (χ4v) is 3.11. The van der Waals surface area contributed by atoms with Crippen molar-refractivity contribution >= 4 is 11.8 Å². The van der Waals surface area contributed by atoms with Gasteiger partial charge in [0.25, 0.3) is 11.8 Å². The SMILES string of the molecule is O=C(NCCCc1ccccc1)c1cccc(C(=O)NCCc2ccccc2)c1. The highest BCUT2D eigenvalue weighted by Gasteiger charge is 2.10. The zero-order valence-corrected chi connectivity index (χ0v) is 16.4. The van der Waals surface area contributed by atoms with Gasteiger partial charge >= 0.3 is 0 Å². The number of hydrogen-bond acceptors (Lipinski definition) is 2. The minimum atomic E-state index is -0.167. The van der Waals surface area contributed by atoms with Crippen LogP contribution in [0, 0.1) is 0 Å². The van der Waals surface area contributed by atoms with Gasteiger partial charge in [0.05, 0.1) is 0 Å². The second kappa shape index (κ2) is 10.8. The van der Waals surface area contributed by atoms with Gasteiger partial charge in [0, 0.05) is 24.2 Å². The summed E-state index contributed by atoms with van der Waals surface area (Å²) in [6.07, 6.45) is 2.56. The molecule has 0 aromatic heterocycles. The molecular weight excluding hydrogens is 360 g/mol. The molecule has 2 amide bonds. The molecule has 0 bridgehead atoms. The van der Waals surface area contributed by atoms with Crippen LogP contribution in [-0.2, 0) is 12.8 Å². The second-order valence-corrected chi connectivity index (χ2v) is 6.92. The summed E-state index contributed by atoms with van der Waals surface area (Å²) < 4.78 is 0. The molecule has 0 aliphatic rings. The number of benzene rings is 3. The van der Waals surface area contributed by atoms with Gasteiger partial charge in [-0.2, -0.15) is 0 Å². The third kappa shape index (κ3) is 6.61. The summed E-state index contributed by atoms with van der Waals surface area (Å²) in [6.45, 7) is 1.15. The summed E-state index contributed by atoms with van der Waals surface area (Å²) in [4.78, 5) is 24.8. The minimum Gasteiger partial charge on any atom is -0.352 e. The Bertz CT molecular complexity index is 924. The zero-order chi connectivity index (χ0) is 20.3. The predicted octanol–water partition coefficient (Wildman–Crippen LogP) is 4.02. The van der Waals surface area contributed by atoms with Crippen molar-refractivity contribution in [3.63, 3.8) is 0 Å². The Morgan fingerprint density at radius 3 is 1.69 bits per heavy atom. The topological polar surface area (TPSA) is 58.2 Å². The van der Waals surface area contributed by atoms with Crippen LogP contribution in [0.3, 0.4) is 0 Å². The summed E-state index contributed by atoms with van der Waals surface area (Å²) in [7, 11) is 0. The van der Waals surface area contributed by atoms with Crippen LogP contribution in [0.4, 0.5) is 0 Å². The van der Waals surface area contributed by atoms with Gasteiger partial charge in [0.15, 0.2) is 0 Å². The highest BCUT2D eigenvalue weighted by Crippen LogP contribution is 2.07. The number of rotatable bonds is 9. The van der Waals surface area contributed by atoms with Crippen LogP contribution in [-0.4, -0.2) is 24.9 Å². The molecular formula is C25H26N2O2. The molecule has 0 saturated heterocycles. The molecule has 3 aromatic carbocycles. The monoisotopic (exact) mass is 386 g/mol. The van der Waals surface area contributed by atoms with Gasteiger partial charge in [0.2, 0.25) is 0 Å². The van der Waals surface area contributed by atoms with Crippen LogP contribution in [0.25, 0.3) is 0 Å². The lowest BCUT2D eigenvalue weighted by Gasteiger charge is -2.08. The van der Waals surface area contributed by atoms with E-state index in [0.717, 1.165) is 19.3 Å². The van der Waals surface area contributed by atoms with E-state index in [1.165, 1.54) is 11.1 Å². The summed E-state index contributed by atoms with van der Waals surface area (Å²) in [5, 5.41) is 5.84. The molecule has 0 atom stereocenters. The Hall–Kier alpha value is -3.40. The Labute approximate surface area is 172 Å². The molecule has 2 N–H and O–H groups in total. The Morgan fingerprint density at radius 1 is 0.586 bits per heavy atom. The summed E-state index contributed by atoms with van der Waals surface area (Å²) in [6, 6.07) is 27.1. The van der Waals surface area contributed by atoms with E-state index in [4.69, 9.17) is 0 Å². The van der Waals surface area contributed by atoms with Crippen molar-refractivity contribution in [1.29, 1.82) is 0 Å². The molecule has 3 aromatic rings. The van der Waals surface area contributed by atoms with Gasteiger partial charge in [0.1, 0.15) is 0 Å². The number of hydrogen-bond donors (Lipinski definition) is 2. The van der Waals surface area contributed by atoms with Gasteiger partial charge in [-0.05, 0) is 48.6 Å². The molecule has 148 valence electrons. The highest BCUT2D eigenvalue weighted by molar-refractivity contribution is 5.99. The summed E-state index contributed by atoms with van der Waals surface area (Å²) >= 11 is 0. The van der Waals surface area contributed by atoms with E-state index in [0.29, 0.717) is 24.2 Å². The molecule has 0 spiro atoms. The van der Waals surface area contributed by atoms with Crippen molar-refractivity contribution in [2.75, 3.05) is 13.1 Å². The van der Waals surface area contributed by atoms with Crippen LogP contribution in [0.1, 0.15) is 38.3 Å². The maximum Gasteiger partial charge on any atom is 0.251 e. The summed E-state index contributed by atoms with van der Waals surface area (Å²) in [5.41, 5.74) is 3.43. The molecule has 4 heteroatoms. The molecule has 0 unspecified atom stereocenters. The number of nitrogens with one attached hydrogen (secondary N) is 2. The van der Waals surface area contributed by atoms with E-state index >= 15 is 0 Å². The lowest BCUT2D eigenvalue weighted by Crippen LogP contribution is -2.27. The third-order valence-electron chi connectivity index (χ3n) is 4.70. The fraction of sp³-hybridized carbons (Fsp3) is 0.200. The second-order valence-electron chi connectivity index (χ2n) is 6.92. The molecule has 0 aliphatic heterocycles. The smallest absolute Gasteiger partial charge is 0.251 e. The first kappa shape index (κ1) is 20.3. The quantitative estimate of drug-likeness (QED) is 0.546. The van der Waals surface area contributed by atoms with Gasteiger partial charge in [-0.3, -0.25) is 9.59 Å². The van der Waals surface area contributed by atoms with Crippen LogP contribution < -0.4 is 10.6 Å². The lowest BCUT2D eigenvalue weighted by atomic mass is 10.1. The number of carbonyl (C=O) groups excluding carboxylic acids is 2. The Balaban J connectivity index is 1.45. The van der Waals surface area contributed by atoms with Crippen LogP contribution in [0.2, 0.25) is 0 Å². The number of amides is 2. The van der Waals surface area contributed by atoms with Crippen molar-refractivity contribution in [2.24, 2.45) is 0 Å². The lowest BCUT2D eigenvalue weighted by molar-refractivity contribution is 0.0952.